The van der Waals surface area contributed by atoms with Crippen LogP contribution in [0, 0.1) is 5.41 Å². The van der Waals surface area contributed by atoms with E-state index in [2.05, 4.69) is 15.9 Å². The average Bonchev–Trinajstić information content (AvgIpc) is 2.63. The van der Waals surface area contributed by atoms with Crippen LogP contribution >= 0.6 is 50.5 Å². The Hall–Kier alpha value is -0.100. The standard InChI is InChI=1S/C11H9BrCl2O3S/c1-10(5-11(10,13)14)9(16)17-4-6(15)7-2-3-8(12)18-7/h2-3H,4-5H2,1H3. The average molecular weight is 372 g/mol. The van der Waals surface area contributed by atoms with Gasteiger partial charge in [0.05, 0.1) is 8.66 Å². The van der Waals surface area contributed by atoms with Gasteiger partial charge in [0.2, 0.25) is 5.78 Å². The molecule has 0 bridgehead atoms. The van der Waals surface area contributed by atoms with E-state index in [1.807, 2.05) is 0 Å². The first kappa shape index (κ1) is 14.3. The molecule has 1 saturated carbocycles. The zero-order valence-corrected chi connectivity index (χ0v) is 13.3. The minimum Gasteiger partial charge on any atom is -0.457 e. The molecule has 0 spiro atoms. The number of esters is 1. The SMILES string of the molecule is CC1(C(=O)OCC(=O)c2ccc(Br)s2)CC1(Cl)Cl. The van der Waals surface area contributed by atoms with Crippen LogP contribution in [-0.2, 0) is 9.53 Å². The number of alkyl halides is 2. The topological polar surface area (TPSA) is 43.4 Å². The van der Waals surface area contributed by atoms with Gasteiger partial charge in [-0.1, -0.05) is 0 Å². The molecule has 0 N–H and O–H groups in total. The normalized spacial score (nSPS) is 24.7. The number of ketones is 1. The van der Waals surface area contributed by atoms with Crippen molar-refractivity contribution in [2.75, 3.05) is 6.61 Å². The summed E-state index contributed by atoms with van der Waals surface area (Å²) in [6.45, 7) is 1.34. The molecule has 1 heterocycles. The molecule has 98 valence electrons. The van der Waals surface area contributed by atoms with Gasteiger partial charge < -0.3 is 4.74 Å². The molecule has 0 amide bonds. The number of halogens is 3. The lowest BCUT2D eigenvalue weighted by atomic mass is 10.1. The molecule has 1 aromatic heterocycles. The Kier molecular flexibility index (Phi) is 3.80. The van der Waals surface area contributed by atoms with Crippen molar-refractivity contribution in [2.45, 2.75) is 17.7 Å². The van der Waals surface area contributed by atoms with Gasteiger partial charge >= 0.3 is 5.97 Å². The number of thiophene rings is 1. The van der Waals surface area contributed by atoms with Crippen LogP contribution in [0.5, 0.6) is 0 Å². The van der Waals surface area contributed by atoms with Crippen molar-refractivity contribution >= 4 is 62.2 Å². The molecule has 1 fully saturated rings. The second kappa shape index (κ2) is 4.78. The van der Waals surface area contributed by atoms with Gasteiger partial charge in [-0.15, -0.1) is 34.5 Å². The molecule has 18 heavy (non-hydrogen) atoms. The fourth-order valence-electron chi connectivity index (χ4n) is 1.45. The van der Waals surface area contributed by atoms with Crippen LogP contribution in [-0.4, -0.2) is 22.7 Å². The Morgan fingerprint density at radius 3 is 2.56 bits per heavy atom. The molecule has 0 saturated heterocycles. The Morgan fingerprint density at radius 2 is 2.11 bits per heavy atom. The van der Waals surface area contributed by atoms with Gasteiger partial charge in [0.25, 0.3) is 0 Å². The third-order valence-electron chi connectivity index (χ3n) is 2.89. The van der Waals surface area contributed by atoms with Gasteiger partial charge in [0.1, 0.15) is 9.75 Å². The molecule has 2 rings (SSSR count). The number of ether oxygens (including phenoxy) is 1. The summed E-state index contributed by atoms with van der Waals surface area (Å²) in [4.78, 5) is 24.0. The summed E-state index contributed by atoms with van der Waals surface area (Å²) in [6.07, 6.45) is 0.348. The number of carbonyl (C=O) groups excluding carboxylic acids is 2. The van der Waals surface area contributed by atoms with E-state index in [1.54, 1.807) is 19.1 Å². The maximum atomic E-state index is 11.7. The zero-order chi connectivity index (χ0) is 13.6. The molecule has 1 aromatic rings. The van der Waals surface area contributed by atoms with Gasteiger partial charge in [-0.05, 0) is 35.0 Å². The second-order valence-corrected chi connectivity index (χ2v) is 8.26. The second-order valence-electron chi connectivity index (χ2n) is 4.32. The maximum absolute atomic E-state index is 11.7. The van der Waals surface area contributed by atoms with Crippen LogP contribution in [0.15, 0.2) is 15.9 Å². The maximum Gasteiger partial charge on any atom is 0.315 e. The number of rotatable bonds is 4. The van der Waals surface area contributed by atoms with Crippen molar-refractivity contribution in [3.63, 3.8) is 0 Å². The molecule has 3 nitrogen and oxygen atoms in total. The fraction of sp³-hybridized carbons (Fsp3) is 0.455. The highest BCUT2D eigenvalue weighted by Crippen LogP contribution is 2.64. The number of hydrogen-bond donors (Lipinski definition) is 0. The summed E-state index contributed by atoms with van der Waals surface area (Å²) in [6, 6.07) is 3.45. The van der Waals surface area contributed by atoms with Gasteiger partial charge in [0.15, 0.2) is 6.61 Å². The van der Waals surface area contributed by atoms with Gasteiger partial charge in [-0.25, -0.2) is 0 Å². The summed E-state index contributed by atoms with van der Waals surface area (Å²) in [5, 5.41) is 0. The molecule has 7 heteroatoms. The van der Waals surface area contributed by atoms with Crippen LogP contribution in [0.2, 0.25) is 0 Å². The fourth-order valence-corrected chi connectivity index (χ4v) is 3.45. The molecule has 1 atom stereocenters. The smallest absolute Gasteiger partial charge is 0.315 e. The van der Waals surface area contributed by atoms with Crippen LogP contribution in [0.3, 0.4) is 0 Å². The highest BCUT2D eigenvalue weighted by molar-refractivity contribution is 9.11. The Morgan fingerprint density at radius 1 is 1.50 bits per heavy atom. The Balaban J connectivity index is 1.90. The first-order chi connectivity index (χ1) is 8.26. The van der Waals surface area contributed by atoms with E-state index in [0.717, 1.165) is 3.79 Å². The third kappa shape index (κ3) is 2.59. The molecular weight excluding hydrogens is 363 g/mol. The minimum absolute atomic E-state index is 0.238. The van der Waals surface area contributed by atoms with E-state index in [-0.39, 0.29) is 12.4 Å². The summed E-state index contributed by atoms with van der Waals surface area (Å²) in [7, 11) is 0. The van der Waals surface area contributed by atoms with E-state index in [9.17, 15) is 9.59 Å². The molecule has 0 aromatic carbocycles. The van der Waals surface area contributed by atoms with E-state index in [0.29, 0.717) is 11.3 Å². The quantitative estimate of drug-likeness (QED) is 0.459. The largest absolute Gasteiger partial charge is 0.457 e. The van der Waals surface area contributed by atoms with E-state index in [4.69, 9.17) is 27.9 Å². The number of Topliss-reactive ketones (excluding diaryl/α,β-unsaturated/α-hetero) is 1. The lowest BCUT2D eigenvalue weighted by Gasteiger charge is -2.10. The highest BCUT2D eigenvalue weighted by atomic mass is 79.9. The van der Waals surface area contributed by atoms with Crippen LogP contribution < -0.4 is 0 Å². The first-order valence-electron chi connectivity index (χ1n) is 5.10. The lowest BCUT2D eigenvalue weighted by molar-refractivity contribution is -0.148. The third-order valence-corrected chi connectivity index (χ3v) is 5.66. The summed E-state index contributed by atoms with van der Waals surface area (Å²) in [5.74, 6) is -0.769. The summed E-state index contributed by atoms with van der Waals surface area (Å²) in [5.41, 5.74) is -0.896. The predicted molar refractivity (Wildman–Crippen MR) is 74.5 cm³/mol. The van der Waals surface area contributed by atoms with E-state index < -0.39 is 15.7 Å². The zero-order valence-electron chi connectivity index (χ0n) is 9.34. The number of hydrogen-bond acceptors (Lipinski definition) is 4. The molecule has 0 aliphatic heterocycles. The molecular formula is C11H9BrCl2O3S. The van der Waals surface area contributed by atoms with Crippen molar-refractivity contribution in [2.24, 2.45) is 5.41 Å². The molecule has 1 aliphatic carbocycles. The number of carbonyl (C=O) groups is 2. The summed E-state index contributed by atoms with van der Waals surface area (Å²) < 4.78 is 4.75. The van der Waals surface area contributed by atoms with Gasteiger partial charge in [-0.3, -0.25) is 9.59 Å². The van der Waals surface area contributed by atoms with Crippen molar-refractivity contribution in [3.8, 4) is 0 Å². The van der Waals surface area contributed by atoms with E-state index >= 15 is 0 Å². The van der Waals surface area contributed by atoms with Crippen molar-refractivity contribution < 1.29 is 14.3 Å². The Labute approximate surface area is 127 Å². The predicted octanol–water partition coefficient (Wildman–Crippen LogP) is 3.82. The highest BCUT2D eigenvalue weighted by Gasteiger charge is 2.69. The van der Waals surface area contributed by atoms with Gasteiger partial charge in [0, 0.05) is 6.42 Å². The summed E-state index contributed by atoms with van der Waals surface area (Å²) >= 11 is 16.3. The Bertz CT molecular complexity index is 514. The van der Waals surface area contributed by atoms with Crippen molar-refractivity contribution in [1.82, 2.24) is 0 Å². The minimum atomic E-state index is -1.07. The van der Waals surface area contributed by atoms with Crippen molar-refractivity contribution in [1.29, 1.82) is 0 Å². The van der Waals surface area contributed by atoms with Crippen molar-refractivity contribution in [3.05, 3.63) is 20.8 Å². The molecule has 1 aliphatic rings. The van der Waals surface area contributed by atoms with Crippen LogP contribution in [0.1, 0.15) is 23.0 Å². The first-order valence-corrected chi connectivity index (χ1v) is 7.46. The van der Waals surface area contributed by atoms with Gasteiger partial charge in [-0.2, -0.15) is 0 Å². The van der Waals surface area contributed by atoms with Crippen LogP contribution in [0.4, 0.5) is 0 Å². The van der Waals surface area contributed by atoms with E-state index in [1.165, 1.54) is 11.3 Å². The molecule has 0 radical (unpaired) electrons. The monoisotopic (exact) mass is 370 g/mol. The van der Waals surface area contributed by atoms with Crippen LogP contribution in [0.25, 0.3) is 0 Å². The lowest BCUT2D eigenvalue weighted by Crippen LogP contribution is -2.24. The molecule has 1 unspecified atom stereocenters.